The topological polar surface area (TPSA) is 38.3 Å². The first-order valence-electron chi connectivity index (χ1n) is 7.13. The summed E-state index contributed by atoms with van der Waals surface area (Å²) in [5.74, 6) is 6.01. The van der Waals surface area contributed by atoms with Crippen LogP contribution in [-0.2, 0) is 4.79 Å². The van der Waals surface area contributed by atoms with Crippen molar-refractivity contribution in [3.63, 3.8) is 0 Å². The molecule has 0 radical (unpaired) electrons. The first-order valence-corrected chi connectivity index (χ1v) is 8.49. The maximum Gasteiger partial charge on any atom is 0.231 e. The standard InChI is InChI=1S/C18H15ClFNO2S/c19-16-5-1-2-6-17(16)23-12-4-3-11-21-18(22)13-24-15-9-7-14(20)8-10-15/h1-2,5-10H,11-13H2,(H,21,22). The second-order valence-corrected chi connectivity index (χ2v) is 6.05. The second-order valence-electron chi connectivity index (χ2n) is 4.59. The highest BCUT2D eigenvalue weighted by molar-refractivity contribution is 8.00. The molecule has 0 saturated heterocycles. The van der Waals surface area contributed by atoms with E-state index in [1.807, 2.05) is 12.1 Å². The van der Waals surface area contributed by atoms with Crippen LogP contribution in [0, 0.1) is 17.7 Å². The van der Waals surface area contributed by atoms with Gasteiger partial charge in [0.2, 0.25) is 5.91 Å². The van der Waals surface area contributed by atoms with Crippen LogP contribution in [0.5, 0.6) is 5.75 Å². The molecule has 0 aromatic heterocycles. The van der Waals surface area contributed by atoms with Crippen LogP contribution in [0.15, 0.2) is 53.4 Å². The lowest BCUT2D eigenvalue weighted by Gasteiger charge is -2.03. The van der Waals surface area contributed by atoms with Crippen LogP contribution in [0.3, 0.4) is 0 Å². The molecule has 124 valence electrons. The number of nitrogens with one attached hydrogen (secondary N) is 1. The minimum atomic E-state index is -0.293. The average Bonchev–Trinajstić information content (AvgIpc) is 2.59. The molecule has 0 aliphatic rings. The van der Waals surface area contributed by atoms with Crippen LogP contribution in [0.4, 0.5) is 4.39 Å². The molecule has 2 aromatic rings. The van der Waals surface area contributed by atoms with E-state index in [2.05, 4.69) is 17.2 Å². The first-order chi connectivity index (χ1) is 11.6. The number of para-hydroxylation sites is 1. The van der Waals surface area contributed by atoms with Crippen LogP contribution in [0.1, 0.15) is 0 Å². The van der Waals surface area contributed by atoms with Gasteiger partial charge < -0.3 is 10.1 Å². The largest absolute Gasteiger partial charge is 0.479 e. The van der Waals surface area contributed by atoms with Gasteiger partial charge in [-0.05, 0) is 36.4 Å². The van der Waals surface area contributed by atoms with E-state index in [0.29, 0.717) is 10.8 Å². The summed E-state index contributed by atoms with van der Waals surface area (Å²) in [6.07, 6.45) is 0. The van der Waals surface area contributed by atoms with Gasteiger partial charge in [0.1, 0.15) is 18.2 Å². The molecule has 24 heavy (non-hydrogen) atoms. The number of carbonyl (C=O) groups excluding carboxylic acids is 1. The number of hydrogen-bond donors (Lipinski definition) is 1. The molecule has 6 heteroatoms. The Bertz CT molecular complexity index is 741. The highest BCUT2D eigenvalue weighted by atomic mass is 35.5. The molecule has 0 heterocycles. The fourth-order valence-electron chi connectivity index (χ4n) is 1.66. The monoisotopic (exact) mass is 363 g/mol. The van der Waals surface area contributed by atoms with Gasteiger partial charge in [0.25, 0.3) is 0 Å². The molecule has 0 spiro atoms. The lowest BCUT2D eigenvalue weighted by molar-refractivity contribution is -0.118. The van der Waals surface area contributed by atoms with Gasteiger partial charge in [-0.3, -0.25) is 4.79 Å². The van der Waals surface area contributed by atoms with E-state index in [1.165, 1.54) is 23.9 Å². The minimum Gasteiger partial charge on any atom is -0.479 e. The Kier molecular flexibility index (Phi) is 7.47. The molecule has 0 aliphatic heterocycles. The summed E-state index contributed by atoms with van der Waals surface area (Å²) < 4.78 is 18.2. The molecule has 0 saturated carbocycles. The Labute approximate surface area is 149 Å². The maximum absolute atomic E-state index is 12.8. The molecule has 2 rings (SSSR count). The van der Waals surface area contributed by atoms with E-state index >= 15 is 0 Å². The van der Waals surface area contributed by atoms with Gasteiger partial charge in [-0.2, -0.15) is 0 Å². The smallest absolute Gasteiger partial charge is 0.231 e. The highest BCUT2D eigenvalue weighted by Crippen LogP contribution is 2.22. The molecule has 0 fully saturated rings. The minimum absolute atomic E-state index is 0.134. The summed E-state index contributed by atoms with van der Waals surface area (Å²) in [5.41, 5.74) is 0. The zero-order valence-electron chi connectivity index (χ0n) is 12.7. The van der Waals surface area contributed by atoms with Crippen LogP contribution < -0.4 is 10.1 Å². The number of halogens is 2. The van der Waals surface area contributed by atoms with Crippen molar-refractivity contribution in [3.05, 3.63) is 59.4 Å². The van der Waals surface area contributed by atoms with E-state index in [0.717, 1.165) is 4.90 Å². The van der Waals surface area contributed by atoms with Crippen molar-refractivity contribution in [2.24, 2.45) is 0 Å². The first kappa shape index (κ1) is 18.2. The van der Waals surface area contributed by atoms with E-state index in [-0.39, 0.29) is 30.6 Å². The predicted molar refractivity (Wildman–Crippen MR) is 94.9 cm³/mol. The second kappa shape index (κ2) is 9.86. The van der Waals surface area contributed by atoms with Crippen LogP contribution >= 0.6 is 23.4 Å². The Morgan fingerprint density at radius 2 is 1.92 bits per heavy atom. The summed E-state index contributed by atoms with van der Waals surface area (Å²) in [6.45, 7) is 0.443. The number of hydrogen-bond acceptors (Lipinski definition) is 3. The molecular formula is C18H15ClFNO2S. The van der Waals surface area contributed by atoms with E-state index in [4.69, 9.17) is 16.3 Å². The summed E-state index contributed by atoms with van der Waals surface area (Å²) >= 11 is 7.28. The molecule has 0 aliphatic carbocycles. The van der Waals surface area contributed by atoms with Crippen molar-refractivity contribution in [2.45, 2.75) is 4.90 Å². The predicted octanol–water partition coefficient (Wildman–Crippen LogP) is 3.77. The summed E-state index contributed by atoms with van der Waals surface area (Å²) in [7, 11) is 0. The zero-order valence-corrected chi connectivity index (χ0v) is 14.3. The van der Waals surface area contributed by atoms with Crippen LogP contribution in [0.25, 0.3) is 0 Å². The van der Waals surface area contributed by atoms with Crippen LogP contribution in [-0.4, -0.2) is 24.8 Å². The normalized spacial score (nSPS) is 9.75. The molecule has 0 bridgehead atoms. The third-order valence-electron chi connectivity index (χ3n) is 2.82. The van der Waals surface area contributed by atoms with Gasteiger partial charge >= 0.3 is 0 Å². The Hall–Kier alpha value is -2.16. The van der Waals surface area contributed by atoms with Crippen molar-refractivity contribution in [2.75, 3.05) is 18.9 Å². The lowest BCUT2D eigenvalue weighted by Crippen LogP contribution is -2.25. The molecule has 2 aromatic carbocycles. The summed E-state index contributed by atoms with van der Waals surface area (Å²) in [4.78, 5) is 12.5. The Balaban J connectivity index is 1.62. The highest BCUT2D eigenvalue weighted by Gasteiger charge is 2.01. The van der Waals surface area contributed by atoms with Gasteiger partial charge in [-0.1, -0.05) is 35.6 Å². The van der Waals surface area contributed by atoms with Crippen molar-refractivity contribution < 1.29 is 13.9 Å². The zero-order chi connectivity index (χ0) is 17.2. The van der Waals surface area contributed by atoms with Crippen molar-refractivity contribution in [1.82, 2.24) is 5.32 Å². The molecule has 0 unspecified atom stereocenters. The number of benzene rings is 2. The molecule has 1 amide bonds. The average molecular weight is 364 g/mol. The van der Waals surface area contributed by atoms with Gasteiger partial charge in [0, 0.05) is 4.90 Å². The van der Waals surface area contributed by atoms with Gasteiger partial charge in [0.15, 0.2) is 0 Å². The molecule has 3 nitrogen and oxygen atoms in total. The van der Waals surface area contributed by atoms with E-state index in [1.54, 1.807) is 24.3 Å². The molecule has 1 N–H and O–H groups in total. The van der Waals surface area contributed by atoms with E-state index < -0.39 is 0 Å². The van der Waals surface area contributed by atoms with Crippen LogP contribution in [0.2, 0.25) is 5.02 Å². The Morgan fingerprint density at radius 3 is 2.67 bits per heavy atom. The third-order valence-corrected chi connectivity index (χ3v) is 4.14. The maximum atomic E-state index is 12.8. The van der Waals surface area contributed by atoms with Crippen molar-refractivity contribution in [3.8, 4) is 17.6 Å². The molecular weight excluding hydrogens is 349 g/mol. The lowest BCUT2D eigenvalue weighted by atomic mass is 10.3. The number of rotatable bonds is 6. The van der Waals surface area contributed by atoms with Gasteiger partial charge in [-0.25, -0.2) is 4.39 Å². The number of ether oxygens (including phenoxy) is 1. The van der Waals surface area contributed by atoms with E-state index in [9.17, 15) is 9.18 Å². The SMILES string of the molecule is O=C(CSc1ccc(F)cc1)NCC#CCOc1ccccc1Cl. The molecule has 0 atom stereocenters. The number of amides is 1. The van der Waals surface area contributed by atoms with Crippen molar-refractivity contribution >= 4 is 29.3 Å². The summed E-state index contributed by atoms with van der Waals surface area (Å²) in [5, 5.41) is 3.22. The summed E-state index contributed by atoms with van der Waals surface area (Å²) in [6, 6.07) is 13.2. The van der Waals surface area contributed by atoms with Gasteiger partial charge in [-0.15, -0.1) is 11.8 Å². The van der Waals surface area contributed by atoms with Gasteiger partial charge in [0.05, 0.1) is 17.3 Å². The van der Waals surface area contributed by atoms with Crippen molar-refractivity contribution in [1.29, 1.82) is 0 Å². The fourth-order valence-corrected chi connectivity index (χ4v) is 2.58. The number of thioether (sulfide) groups is 1. The Morgan fingerprint density at radius 1 is 1.17 bits per heavy atom. The quantitative estimate of drug-likeness (QED) is 0.627. The fraction of sp³-hybridized carbons (Fsp3) is 0.167. The number of carbonyl (C=O) groups is 1. The third kappa shape index (κ3) is 6.53.